The van der Waals surface area contributed by atoms with E-state index in [0.717, 1.165) is 12.8 Å². The van der Waals surface area contributed by atoms with E-state index in [4.69, 9.17) is 11.6 Å². The molecule has 82 valence electrons. The number of aromatic nitrogens is 2. The fourth-order valence-corrected chi connectivity index (χ4v) is 3.08. The van der Waals surface area contributed by atoms with Crippen molar-refractivity contribution < 1.29 is 4.21 Å². The summed E-state index contributed by atoms with van der Waals surface area (Å²) in [5.41, 5.74) is 0. The summed E-state index contributed by atoms with van der Waals surface area (Å²) < 4.78 is 14.7. The zero-order valence-corrected chi connectivity index (χ0v) is 9.72. The lowest BCUT2D eigenvalue weighted by atomic mass is 10.4. The van der Waals surface area contributed by atoms with Crippen LogP contribution >= 0.6 is 11.6 Å². The fourth-order valence-electron chi connectivity index (χ4n) is 1.68. The van der Waals surface area contributed by atoms with Crippen LogP contribution in [-0.2, 0) is 11.0 Å². The molecule has 0 bridgehead atoms. The first-order valence-corrected chi connectivity index (χ1v) is 6.50. The molecule has 0 amide bonds. The second-order valence-corrected chi connectivity index (χ2v) is 5.32. The Balaban J connectivity index is 1.99. The van der Waals surface area contributed by atoms with Crippen LogP contribution in [0.1, 0.15) is 25.7 Å². The zero-order valence-electron chi connectivity index (χ0n) is 8.15. The van der Waals surface area contributed by atoms with Crippen molar-refractivity contribution in [3.63, 3.8) is 0 Å². The molecule has 1 aromatic rings. The SMILES string of the molecule is O=S(Nc1ccnc(Cl)n1)C1CCCC1. The molecule has 1 heterocycles. The van der Waals surface area contributed by atoms with Crippen molar-refractivity contribution >= 4 is 28.4 Å². The molecular weight excluding hydrogens is 234 g/mol. The number of halogens is 1. The number of hydrogen-bond donors (Lipinski definition) is 1. The highest BCUT2D eigenvalue weighted by Crippen LogP contribution is 2.23. The molecule has 1 aromatic heterocycles. The normalized spacial score (nSPS) is 19.0. The van der Waals surface area contributed by atoms with Gasteiger partial charge in [0.15, 0.2) is 0 Å². The van der Waals surface area contributed by atoms with Gasteiger partial charge in [-0.1, -0.05) is 12.8 Å². The molecule has 1 atom stereocenters. The molecule has 1 saturated carbocycles. The second kappa shape index (κ2) is 4.90. The van der Waals surface area contributed by atoms with Crippen LogP contribution in [0.2, 0.25) is 5.28 Å². The van der Waals surface area contributed by atoms with E-state index < -0.39 is 11.0 Å². The second-order valence-electron chi connectivity index (χ2n) is 3.52. The molecule has 15 heavy (non-hydrogen) atoms. The van der Waals surface area contributed by atoms with Gasteiger partial charge in [-0.25, -0.2) is 9.19 Å². The van der Waals surface area contributed by atoms with Crippen molar-refractivity contribution in [1.29, 1.82) is 0 Å². The minimum atomic E-state index is -1.05. The summed E-state index contributed by atoms with van der Waals surface area (Å²) in [4.78, 5) is 7.69. The van der Waals surface area contributed by atoms with Crippen LogP contribution in [0.15, 0.2) is 12.3 Å². The van der Waals surface area contributed by atoms with Gasteiger partial charge in [0.05, 0.1) is 5.25 Å². The highest BCUT2D eigenvalue weighted by molar-refractivity contribution is 7.87. The minimum absolute atomic E-state index is 0.170. The molecule has 2 rings (SSSR count). The maximum Gasteiger partial charge on any atom is 0.224 e. The third kappa shape index (κ3) is 2.89. The van der Waals surface area contributed by atoms with Gasteiger partial charge < -0.3 is 0 Å². The maximum absolute atomic E-state index is 11.8. The summed E-state index contributed by atoms with van der Waals surface area (Å²) in [5.74, 6) is 0.528. The first-order chi connectivity index (χ1) is 7.25. The van der Waals surface area contributed by atoms with Gasteiger partial charge in [0.2, 0.25) is 5.28 Å². The Bertz CT molecular complexity index is 368. The Labute approximate surface area is 96.1 Å². The monoisotopic (exact) mass is 245 g/mol. The Hall–Kier alpha value is -0.680. The predicted octanol–water partition coefficient (Wildman–Crippen LogP) is 2.15. The number of anilines is 1. The van der Waals surface area contributed by atoms with Gasteiger partial charge in [-0.15, -0.1) is 0 Å². The number of rotatable bonds is 3. The smallest absolute Gasteiger partial charge is 0.224 e. The molecule has 6 heteroatoms. The summed E-state index contributed by atoms with van der Waals surface area (Å²) in [6.07, 6.45) is 5.94. The summed E-state index contributed by atoms with van der Waals surface area (Å²) in [5, 5.41) is 0.419. The average molecular weight is 246 g/mol. The van der Waals surface area contributed by atoms with Crippen molar-refractivity contribution in [1.82, 2.24) is 9.97 Å². The first kappa shape index (κ1) is 10.8. The Morgan fingerprint density at radius 3 is 2.87 bits per heavy atom. The van der Waals surface area contributed by atoms with E-state index in [1.54, 1.807) is 12.3 Å². The molecule has 1 aliphatic carbocycles. The number of hydrogen-bond acceptors (Lipinski definition) is 3. The van der Waals surface area contributed by atoms with Gasteiger partial charge in [0.25, 0.3) is 0 Å². The maximum atomic E-state index is 11.8. The van der Waals surface area contributed by atoms with Crippen LogP contribution < -0.4 is 4.72 Å². The van der Waals surface area contributed by atoms with Gasteiger partial charge in [-0.2, -0.15) is 4.98 Å². The standard InChI is InChI=1S/C9H12ClN3OS/c10-9-11-6-5-8(12-9)13-15(14)7-3-1-2-4-7/h5-7H,1-4H2,(H,11,12,13). The molecule has 1 aliphatic rings. The molecule has 0 spiro atoms. The van der Waals surface area contributed by atoms with E-state index in [1.165, 1.54) is 12.8 Å². The first-order valence-electron chi connectivity index (χ1n) is 4.91. The van der Waals surface area contributed by atoms with Gasteiger partial charge in [0, 0.05) is 6.20 Å². The molecular formula is C9H12ClN3OS. The van der Waals surface area contributed by atoms with Crippen molar-refractivity contribution in [2.24, 2.45) is 0 Å². The molecule has 1 N–H and O–H groups in total. The highest BCUT2D eigenvalue weighted by atomic mass is 35.5. The fraction of sp³-hybridized carbons (Fsp3) is 0.556. The Morgan fingerprint density at radius 2 is 2.20 bits per heavy atom. The molecule has 1 unspecified atom stereocenters. The third-order valence-electron chi connectivity index (χ3n) is 2.44. The van der Waals surface area contributed by atoms with Crippen molar-refractivity contribution in [2.75, 3.05) is 4.72 Å². The molecule has 0 saturated heterocycles. The molecule has 0 aliphatic heterocycles. The quantitative estimate of drug-likeness (QED) is 0.831. The molecule has 1 fully saturated rings. The third-order valence-corrected chi connectivity index (χ3v) is 4.11. The summed E-state index contributed by atoms with van der Waals surface area (Å²) in [7, 11) is -1.05. The molecule has 0 aromatic carbocycles. The van der Waals surface area contributed by atoms with Crippen molar-refractivity contribution in [3.05, 3.63) is 17.5 Å². The van der Waals surface area contributed by atoms with Crippen molar-refractivity contribution in [2.45, 2.75) is 30.9 Å². The van der Waals surface area contributed by atoms with Crippen LogP contribution in [-0.4, -0.2) is 19.4 Å². The number of nitrogens with one attached hydrogen (secondary N) is 1. The molecule has 0 radical (unpaired) electrons. The van der Waals surface area contributed by atoms with Crippen molar-refractivity contribution in [3.8, 4) is 0 Å². The van der Waals surface area contributed by atoms with E-state index in [9.17, 15) is 4.21 Å². The summed E-state index contributed by atoms with van der Waals surface area (Å²) in [6, 6.07) is 1.67. The van der Waals surface area contributed by atoms with Gasteiger partial charge in [-0.05, 0) is 30.5 Å². The van der Waals surface area contributed by atoms with Gasteiger partial charge in [-0.3, -0.25) is 4.72 Å². The van der Waals surface area contributed by atoms with Crippen LogP contribution in [0.25, 0.3) is 0 Å². The predicted molar refractivity (Wildman–Crippen MR) is 61.1 cm³/mol. The van der Waals surface area contributed by atoms with Gasteiger partial charge in [0.1, 0.15) is 16.8 Å². The Kier molecular flexibility index (Phi) is 3.53. The van der Waals surface area contributed by atoms with Crippen LogP contribution in [0, 0.1) is 0 Å². The minimum Gasteiger partial charge on any atom is -0.289 e. The zero-order chi connectivity index (χ0) is 10.7. The average Bonchev–Trinajstić information content (AvgIpc) is 2.70. The lowest BCUT2D eigenvalue weighted by Crippen LogP contribution is -2.18. The van der Waals surface area contributed by atoms with Gasteiger partial charge >= 0.3 is 0 Å². The number of nitrogens with zero attached hydrogens (tertiary/aromatic N) is 2. The van der Waals surface area contributed by atoms with Crippen LogP contribution in [0.3, 0.4) is 0 Å². The lowest BCUT2D eigenvalue weighted by Gasteiger charge is -2.10. The van der Waals surface area contributed by atoms with E-state index in [-0.39, 0.29) is 10.5 Å². The Morgan fingerprint density at radius 1 is 1.47 bits per heavy atom. The summed E-state index contributed by atoms with van der Waals surface area (Å²) in [6.45, 7) is 0. The summed E-state index contributed by atoms with van der Waals surface area (Å²) >= 11 is 5.63. The molecule has 4 nitrogen and oxygen atoms in total. The lowest BCUT2D eigenvalue weighted by molar-refractivity contribution is 0.673. The van der Waals surface area contributed by atoms with Crippen LogP contribution in [0.5, 0.6) is 0 Å². The van der Waals surface area contributed by atoms with E-state index in [2.05, 4.69) is 14.7 Å². The van der Waals surface area contributed by atoms with Crippen LogP contribution in [0.4, 0.5) is 5.82 Å². The van der Waals surface area contributed by atoms with E-state index in [0.29, 0.717) is 5.82 Å². The van der Waals surface area contributed by atoms with E-state index >= 15 is 0 Å². The largest absolute Gasteiger partial charge is 0.289 e. The van der Waals surface area contributed by atoms with E-state index in [1.807, 2.05) is 0 Å². The highest BCUT2D eigenvalue weighted by Gasteiger charge is 2.21. The topological polar surface area (TPSA) is 54.9 Å².